The Morgan fingerprint density at radius 1 is 1.17 bits per heavy atom. The van der Waals surface area contributed by atoms with E-state index in [1.54, 1.807) is 43.5 Å². The molecule has 1 fully saturated rings. The largest absolute Gasteiger partial charge is 0.493 e. The number of amides is 2. The maximum Gasteiger partial charge on any atom is 0.293 e. The predicted molar refractivity (Wildman–Crippen MR) is 120 cm³/mol. The Labute approximate surface area is 191 Å². The summed E-state index contributed by atoms with van der Waals surface area (Å²) in [4.78, 5) is 26.7. The van der Waals surface area contributed by atoms with Gasteiger partial charge in [0.1, 0.15) is 0 Å². The molecular weight excluding hydrogens is 501 g/mol. The van der Waals surface area contributed by atoms with Gasteiger partial charge in [-0.3, -0.25) is 14.5 Å². The first kappa shape index (κ1) is 22.0. The van der Waals surface area contributed by atoms with Gasteiger partial charge in [0.25, 0.3) is 11.1 Å². The van der Waals surface area contributed by atoms with Gasteiger partial charge in [0.05, 0.1) is 39.7 Å². The molecule has 29 heavy (non-hydrogen) atoms. The van der Waals surface area contributed by atoms with Crippen molar-refractivity contribution in [2.45, 2.75) is 13.5 Å². The smallest absolute Gasteiger partial charge is 0.293 e. The number of nitrogens with zero attached hydrogens (tertiary/aromatic N) is 1. The molecule has 152 valence electrons. The highest BCUT2D eigenvalue weighted by atomic mass is 79.9. The van der Waals surface area contributed by atoms with Crippen LogP contribution in [-0.2, 0) is 11.3 Å². The Balaban J connectivity index is 1.86. The van der Waals surface area contributed by atoms with Gasteiger partial charge in [-0.05, 0) is 76.1 Å². The molecule has 0 radical (unpaired) electrons. The van der Waals surface area contributed by atoms with Crippen molar-refractivity contribution in [1.29, 1.82) is 0 Å². The number of carbonyl (C=O) groups is 2. The Morgan fingerprint density at radius 2 is 1.93 bits per heavy atom. The zero-order chi connectivity index (χ0) is 21.1. The number of thioether (sulfide) groups is 1. The van der Waals surface area contributed by atoms with Crippen molar-refractivity contribution in [2.75, 3.05) is 13.7 Å². The number of ether oxygens (including phenoxy) is 2. The van der Waals surface area contributed by atoms with E-state index in [1.165, 1.54) is 4.90 Å². The van der Waals surface area contributed by atoms with Crippen molar-refractivity contribution < 1.29 is 19.1 Å². The Hall–Kier alpha value is -1.67. The fraction of sp³-hybridized carbons (Fsp3) is 0.200. The highest BCUT2D eigenvalue weighted by Crippen LogP contribution is 2.39. The molecule has 0 atom stereocenters. The Bertz CT molecular complexity index is 1010. The molecule has 0 aliphatic carbocycles. The van der Waals surface area contributed by atoms with Crippen LogP contribution < -0.4 is 9.47 Å². The summed E-state index contributed by atoms with van der Waals surface area (Å²) >= 11 is 16.3. The lowest BCUT2D eigenvalue weighted by molar-refractivity contribution is -0.123. The second-order valence-corrected chi connectivity index (χ2v) is 8.65. The molecule has 0 bridgehead atoms. The van der Waals surface area contributed by atoms with Crippen molar-refractivity contribution in [3.8, 4) is 11.5 Å². The lowest BCUT2D eigenvalue weighted by Gasteiger charge is -2.13. The third-order valence-corrected chi connectivity index (χ3v) is 6.27. The third kappa shape index (κ3) is 4.91. The molecule has 0 unspecified atom stereocenters. The summed E-state index contributed by atoms with van der Waals surface area (Å²) in [5.41, 5.74) is 1.42. The number of methoxy groups -OCH3 is 1. The van der Waals surface area contributed by atoms with Crippen LogP contribution in [0.15, 0.2) is 39.7 Å². The minimum Gasteiger partial charge on any atom is -0.493 e. The van der Waals surface area contributed by atoms with Crippen LogP contribution in [0.3, 0.4) is 0 Å². The lowest BCUT2D eigenvalue weighted by atomic mass is 10.1. The second-order valence-electron chi connectivity index (χ2n) is 5.98. The van der Waals surface area contributed by atoms with Gasteiger partial charge in [0.15, 0.2) is 11.5 Å². The summed E-state index contributed by atoms with van der Waals surface area (Å²) in [6.07, 6.45) is 1.66. The van der Waals surface area contributed by atoms with Gasteiger partial charge < -0.3 is 9.47 Å². The molecule has 3 rings (SSSR count). The van der Waals surface area contributed by atoms with E-state index in [2.05, 4.69) is 15.9 Å². The molecule has 0 aromatic heterocycles. The van der Waals surface area contributed by atoms with Crippen molar-refractivity contribution in [3.63, 3.8) is 0 Å². The van der Waals surface area contributed by atoms with Crippen LogP contribution in [0.1, 0.15) is 18.1 Å². The fourth-order valence-corrected chi connectivity index (χ4v) is 4.45. The van der Waals surface area contributed by atoms with E-state index in [9.17, 15) is 9.59 Å². The number of hydrogen-bond acceptors (Lipinski definition) is 5. The highest BCUT2D eigenvalue weighted by molar-refractivity contribution is 9.10. The molecular formula is C20H16BrCl2NO4S. The van der Waals surface area contributed by atoms with Crippen LogP contribution in [0.4, 0.5) is 4.79 Å². The minimum absolute atomic E-state index is 0.120. The number of imide groups is 1. The molecule has 1 aliphatic heterocycles. The molecule has 1 saturated heterocycles. The van der Waals surface area contributed by atoms with Crippen molar-refractivity contribution in [2.24, 2.45) is 0 Å². The zero-order valence-electron chi connectivity index (χ0n) is 15.5. The first-order valence-corrected chi connectivity index (χ1v) is 10.9. The van der Waals surface area contributed by atoms with E-state index in [0.29, 0.717) is 48.7 Å². The van der Waals surface area contributed by atoms with Gasteiger partial charge in [-0.1, -0.05) is 29.3 Å². The first-order chi connectivity index (χ1) is 13.8. The molecule has 2 aromatic carbocycles. The molecule has 0 saturated carbocycles. The molecule has 0 N–H and O–H groups in total. The van der Waals surface area contributed by atoms with E-state index in [1.807, 2.05) is 6.92 Å². The molecule has 2 aromatic rings. The first-order valence-electron chi connectivity index (χ1n) is 8.53. The number of rotatable bonds is 6. The van der Waals surface area contributed by atoms with Gasteiger partial charge in [-0.25, -0.2) is 0 Å². The second kappa shape index (κ2) is 9.43. The highest BCUT2D eigenvalue weighted by Gasteiger charge is 2.35. The quantitative estimate of drug-likeness (QED) is 0.416. The van der Waals surface area contributed by atoms with Crippen LogP contribution in [0.2, 0.25) is 10.0 Å². The summed E-state index contributed by atoms with van der Waals surface area (Å²) in [5, 5.41) is 0.446. The summed E-state index contributed by atoms with van der Waals surface area (Å²) in [6, 6.07) is 8.57. The fourth-order valence-electron chi connectivity index (χ4n) is 2.72. The molecule has 1 aliphatic rings. The minimum atomic E-state index is -0.366. The Kier molecular flexibility index (Phi) is 7.16. The van der Waals surface area contributed by atoms with Crippen LogP contribution in [0, 0.1) is 0 Å². The average Bonchev–Trinajstić information content (AvgIpc) is 2.94. The van der Waals surface area contributed by atoms with Gasteiger partial charge in [0, 0.05) is 0 Å². The van der Waals surface area contributed by atoms with Gasteiger partial charge in [-0.15, -0.1) is 0 Å². The molecule has 9 heteroatoms. The van der Waals surface area contributed by atoms with E-state index in [0.717, 1.165) is 11.8 Å². The normalized spacial score (nSPS) is 15.3. The summed E-state index contributed by atoms with van der Waals surface area (Å²) in [7, 11) is 1.54. The van der Waals surface area contributed by atoms with E-state index in [-0.39, 0.29) is 17.7 Å². The van der Waals surface area contributed by atoms with Crippen LogP contribution in [-0.4, -0.2) is 29.8 Å². The maximum atomic E-state index is 12.8. The summed E-state index contributed by atoms with van der Waals surface area (Å²) in [5.74, 6) is 0.748. The predicted octanol–water partition coefficient (Wildman–Crippen LogP) is 6.40. The monoisotopic (exact) mass is 515 g/mol. The van der Waals surface area contributed by atoms with Crippen molar-refractivity contribution >= 4 is 68.1 Å². The van der Waals surface area contributed by atoms with Crippen molar-refractivity contribution in [3.05, 3.63) is 60.9 Å². The Morgan fingerprint density at radius 3 is 2.59 bits per heavy atom. The molecule has 5 nitrogen and oxygen atoms in total. The molecule has 2 amide bonds. The van der Waals surface area contributed by atoms with E-state index >= 15 is 0 Å². The standard InChI is InChI=1S/C20H16BrCl2NO4S/c1-3-28-18-13(21)6-12(8-16(18)27-2)9-17-19(25)24(20(26)29-17)10-11-4-5-14(22)15(23)7-11/h4-9H,3,10H2,1-2H3/b17-9+. The van der Waals surface area contributed by atoms with Gasteiger partial charge >= 0.3 is 0 Å². The molecule has 1 heterocycles. The average molecular weight is 517 g/mol. The number of hydrogen-bond donors (Lipinski definition) is 0. The topological polar surface area (TPSA) is 55.8 Å². The van der Waals surface area contributed by atoms with Crippen LogP contribution in [0.25, 0.3) is 6.08 Å². The zero-order valence-corrected chi connectivity index (χ0v) is 19.4. The molecule has 0 spiro atoms. The van der Waals surface area contributed by atoms with Crippen molar-refractivity contribution in [1.82, 2.24) is 4.90 Å². The summed E-state index contributed by atoms with van der Waals surface area (Å²) < 4.78 is 11.6. The number of carbonyl (C=O) groups excluding carboxylic acids is 2. The van der Waals surface area contributed by atoms with E-state index in [4.69, 9.17) is 32.7 Å². The van der Waals surface area contributed by atoms with Gasteiger partial charge in [0.2, 0.25) is 0 Å². The van der Waals surface area contributed by atoms with Crippen LogP contribution in [0.5, 0.6) is 11.5 Å². The van der Waals surface area contributed by atoms with Crippen LogP contribution >= 0.6 is 50.9 Å². The lowest BCUT2D eigenvalue weighted by Crippen LogP contribution is -2.27. The summed E-state index contributed by atoms with van der Waals surface area (Å²) in [6.45, 7) is 2.49. The number of benzene rings is 2. The maximum absolute atomic E-state index is 12.8. The number of halogens is 3. The SMILES string of the molecule is CCOc1c(Br)cc(/C=C2/SC(=O)N(Cc3ccc(Cl)c(Cl)c3)C2=O)cc1OC. The third-order valence-electron chi connectivity index (χ3n) is 4.04. The van der Waals surface area contributed by atoms with E-state index < -0.39 is 0 Å². The van der Waals surface area contributed by atoms with Gasteiger partial charge in [-0.2, -0.15) is 0 Å².